The normalized spacial score (nSPS) is 10.4. The Kier molecular flexibility index (Phi) is 7.50. The van der Waals surface area contributed by atoms with E-state index >= 15 is 0 Å². The van der Waals surface area contributed by atoms with Crippen molar-refractivity contribution in [2.45, 2.75) is 21.0 Å². The van der Waals surface area contributed by atoms with E-state index in [0.29, 0.717) is 34.2 Å². The smallest absolute Gasteiger partial charge is 0.341 e. The third kappa shape index (κ3) is 5.16. The second-order valence-electron chi connectivity index (χ2n) is 6.33. The number of thiophene rings is 1. The molecule has 0 fully saturated rings. The average molecular weight is 456 g/mol. The first-order valence-electron chi connectivity index (χ1n) is 9.33. The highest BCUT2D eigenvalue weighted by Crippen LogP contribution is 2.35. The highest BCUT2D eigenvalue weighted by molar-refractivity contribution is 7.17. The van der Waals surface area contributed by atoms with E-state index in [9.17, 15) is 4.79 Å². The molecule has 0 saturated carbocycles. The van der Waals surface area contributed by atoms with E-state index in [4.69, 9.17) is 25.8 Å². The highest BCUT2D eigenvalue weighted by Gasteiger charge is 2.18. The Morgan fingerprint density at radius 1 is 1.06 bits per heavy atom. The zero-order chi connectivity index (χ0) is 20.9. The van der Waals surface area contributed by atoms with Crippen molar-refractivity contribution >= 4 is 39.0 Å². The molecule has 2 aromatic carbocycles. The van der Waals surface area contributed by atoms with E-state index in [0.717, 1.165) is 16.0 Å². The highest BCUT2D eigenvalue weighted by atomic mass is 35.5. The van der Waals surface area contributed by atoms with Crippen LogP contribution in [0.5, 0.6) is 17.2 Å². The lowest BCUT2D eigenvalue weighted by Crippen LogP contribution is -2.05. The Balaban J connectivity index is 0.00000272. The van der Waals surface area contributed by atoms with Crippen LogP contribution < -0.4 is 9.47 Å². The number of carbonyl (C=O) groups excluding carboxylic acids is 1. The van der Waals surface area contributed by atoms with Crippen LogP contribution in [0.4, 0.5) is 0 Å². The van der Waals surface area contributed by atoms with Crippen LogP contribution in [0, 0.1) is 0 Å². The second kappa shape index (κ2) is 10.3. The lowest BCUT2D eigenvalue weighted by Gasteiger charge is -2.09. The largest absolute Gasteiger partial charge is 0.489 e. The van der Waals surface area contributed by atoms with E-state index in [1.807, 2.05) is 60.0 Å². The molecule has 0 radical (unpaired) electrons. The molecular weight excluding hydrogens is 434 g/mol. The quantitative estimate of drug-likeness (QED) is 0.219. The average Bonchev–Trinajstić information content (AvgIpc) is 3.19. The second-order valence-corrected chi connectivity index (χ2v) is 7.56. The number of rotatable bonds is 7. The topological polar surface area (TPSA) is 57.7 Å². The molecule has 2 aromatic heterocycles. The van der Waals surface area contributed by atoms with Gasteiger partial charge in [0.15, 0.2) is 0 Å². The maximum atomic E-state index is 12.2. The third-order valence-electron chi connectivity index (χ3n) is 4.30. The number of nitrogens with zero attached hydrogens (tertiary/aromatic N) is 1. The van der Waals surface area contributed by atoms with Crippen molar-refractivity contribution in [2.24, 2.45) is 0 Å². The summed E-state index contributed by atoms with van der Waals surface area (Å²) in [7, 11) is 0. The number of halogens is 1. The molecule has 0 aliphatic carbocycles. The zero-order valence-corrected chi connectivity index (χ0v) is 17.7. The number of benzene rings is 2. The van der Waals surface area contributed by atoms with Crippen LogP contribution in [-0.4, -0.2) is 17.6 Å². The molecule has 160 valence electrons. The van der Waals surface area contributed by atoms with Gasteiger partial charge in [0.1, 0.15) is 29.0 Å². The molecule has 0 N–H and O–H groups in total. The number of hydrogen-bond donors (Lipinski definition) is 0. The molecule has 7 heteroatoms. The lowest BCUT2D eigenvalue weighted by atomic mass is 10.2. The Morgan fingerprint density at radius 3 is 2.58 bits per heavy atom. The van der Waals surface area contributed by atoms with Crippen molar-refractivity contribution < 1.29 is 19.0 Å². The van der Waals surface area contributed by atoms with Crippen LogP contribution in [0.25, 0.3) is 10.1 Å². The molecule has 0 aliphatic rings. The van der Waals surface area contributed by atoms with E-state index in [1.54, 1.807) is 6.92 Å². The summed E-state index contributed by atoms with van der Waals surface area (Å²) in [6, 6.07) is 17.0. The van der Waals surface area contributed by atoms with Crippen LogP contribution >= 0.6 is 22.9 Å². The van der Waals surface area contributed by atoms with Gasteiger partial charge in [-0.1, -0.05) is 43.3 Å². The van der Waals surface area contributed by atoms with Gasteiger partial charge in [0.05, 0.1) is 16.9 Å². The Hall–Kier alpha value is -3.09. The minimum atomic E-state index is -0.410. The van der Waals surface area contributed by atoms with Crippen molar-refractivity contribution in [1.82, 2.24) is 4.98 Å². The van der Waals surface area contributed by atoms with E-state index in [2.05, 4.69) is 4.98 Å². The molecule has 0 unspecified atom stereocenters. The number of aromatic nitrogens is 1. The van der Waals surface area contributed by atoms with Crippen molar-refractivity contribution in [3.8, 4) is 17.2 Å². The summed E-state index contributed by atoms with van der Waals surface area (Å²) in [5.41, 5.74) is 1.26. The van der Waals surface area contributed by atoms with Gasteiger partial charge < -0.3 is 14.2 Å². The molecule has 31 heavy (non-hydrogen) atoms. The lowest BCUT2D eigenvalue weighted by molar-refractivity contribution is 0.0528. The summed E-state index contributed by atoms with van der Waals surface area (Å²) in [6.07, 6.45) is 1.45. The molecule has 0 aliphatic heterocycles. The molecular formula is C24H22ClNO4S. The summed E-state index contributed by atoms with van der Waals surface area (Å²) >= 11 is 7.74. The fourth-order valence-electron chi connectivity index (χ4n) is 2.94. The fourth-order valence-corrected chi connectivity index (χ4v) is 4.31. The van der Waals surface area contributed by atoms with Gasteiger partial charge in [-0.3, -0.25) is 0 Å². The van der Waals surface area contributed by atoms with Crippen molar-refractivity contribution in [2.75, 3.05) is 6.61 Å². The van der Waals surface area contributed by atoms with Gasteiger partial charge >= 0.3 is 5.97 Å². The summed E-state index contributed by atoms with van der Waals surface area (Å²) < 4.78 is 17.7. The summed E-state index contributed by atoms with van der Waals surface area (Å²) in [5, 5.41) is 2.97. The summed E-state index contributed by atoms with van der Waals surface area (Å²) in [5.74, 6) is 1.68. The number of carbonyl (C=O) groups is 1. The minimum Gasteiger partial charge on any atom is -0.489 e. The SMILES string of the molecule is C.CCOC(=O)c1cnc(Cl)c2c(COc3cccc(Oc4ccccc4)c3)csc12. The van der Waals surface area contributed by atoms with Crippen molar-refractivity contribution in [3.05, 3.63) is 82.5 Å². The molecule has 4 rings (SSSR count). The van der Waals surface area contributed by atoms with Crippen molar-refractivity contribution in [1.29, 1.82) is 0 Å². The summed E-state index contributed by atoms with van der Waals surface area (Å²) in [4.78, 5) is 16.4. The predicted octanol–water partition coefficient (Wildman–Crippen LogP) is 7.13. The van der Waals surface area contributed by atoms with Gasteiger partial charge in [0.2, 0.25) is 0 Å². The van der Waals surface area contributed by atoms with Crippen LogP contribution in [0.15, 0.2) is 66.2 Å². The maximum Gasteiger partial charge on any atom is 0.341 e. The van der Waals surface area contributed by atoms with E-state index in [1.165, 1.54) is 17.5 Å². The van der Waals surface area contributed by atoms with E-state index < -0.39 is 5.97 Å². The zero-order valence-electron chi connectivity index (χ0n) is 16.1. The molecule has 0 spiro atoms. The van der Waals surface area contributed by atoms with Gasteiger partial charge in [-0.05, 0) is 36.6 Å². The number of esters is 1. The van der Waals surface area contributed by atoms with Crippen LogP contribution in [0.3, 0.4) is 0 Å². The molecule has 0 amide bonds. The monoisotopic (exact) mass is 455 g/mol. The van der Waals surface area contributed by atoms with Crippen LogP contribution in [0.2, 0.25) is 5.15 Å². The predicted molar refractivity (Wildman–Crippen MR) is 125 cm³/mol. The van der Waals surface area contributed by atoms with Crippen LogP contribution in [-0.2, 0) is 11.3 Å². The number of fused-ring (bicyclic) bond motifs is 1. The number of para-hydroxylation sites is 1. The number of ether oxygens (including phenoxy) is 3. The standard InChI is InChI=1S/C23H18ClNO4S.CH4/c1-2-27-23(26)19-12-25-22(24)20-15(14-30-21(19)20)13-28-17-9-6-10-18(11-17)29-16-7-4-3-5-8-16;/h3-12,14H,2,13H2,1H3;1H4. The summed E-state index contributed by atoms with van der Waals surface area (Å²) in [6.45, 7) is 2.34. The molecule has 0 saturated heterocycles. The van der Waals surface area contributed by atoms with Crippen LogP contribution in [0.1, 0.15) is 30.3 Å². The first-order valence-corrected chi connectivity index (χ1v) is 10.6. The third-order valence-corrected chi connectivity index (χ3v) is 5.65. The first kappa shape index (κ1) is 22.6. The van der Waals surface area contributed by atoms with Gasteiger partial charge in [0, 0.05) is 23.2 Å². The molecule has 0 atom stereocenters. The Bertz CT molecular complexity index is 1180. The molecule has 0 bridgehead atoms. The molecule has 5 nitrogen and oxygen atoms in total. The number of hydrogen-bond acceptors (Lipinski definition) is 6. The Labute approximate surface area is 190 Å². The van der Waals surface area contributed by atoms with E-state index in [-0.39, 0.29) is 14.0 Å². The minimum absolute atomic E-state index is 0. The molecule has 2 heterocycles. The number of pyridine rings is 1. The molecule has 4 aromatic rings. The first-order chi connectivity index (χ1) is 14.7. The maximum absolute atomic E-state index is 12.2. The van der Waals surface area contributed by atoms with Crippen molar-refractivity contribution in [3.63, 3.8) is 0 Å². The Morgan fingerprint density at radius 2 is 1.81 bits per heavy atom. The van der Waals surface area contributed by atoms with Gasteiger partial charge in [-0.25, -0.2) is 9.78 Å². The van der Waals surface area contributed by atoms with Gasteiger partial charge in [-0.2, -0.15) is 0 Å². The van der Waals surface area contributed by atoms with Gasteiger partial charge in [0.25, 0.3) is 0 Å². The van der Waals surface area contributed by atoms with Gasteiger partial charge in [-0.15, -0.1) is 11.3 Å². The fraction of sp³-hybridized carbons (Fsp3) is 0.167.